The van der Waals surface area contributed by atoms with Crippen LogP contribution in [0.15, 0.2) is 6.20 Å². The molecule has 0 bridgehead atoms. The lowest BCUT2D eigenvalue weighted by molar-refractivity contribution is -0.390. The lowest BCUT2D eigenvalue weighted by Crippen LogP contribution is -2.19. The van der Waals surface area contributed by atoms with Crippen LogP contribution in [-0.4, -0.2) is 29.3 Å². The van der Waals surface area contributed by atoms with E-state index in [-0.39, 0.29) is 6.20 Å². The molecule has 12 heteroatoms. The van der Waals surface area contributed by atoms with Crippen LogP contribution >= 0.6 is 0 Å². The highest BCUT2D eigenvalue weighted by Crippen LogP contribution is 2.40. The molecule has 1 aromatic rings. The van der Waals surface area contributed by atoms with Crippen molar-refractivity contribution in [2.24, 2.45) is 0 Å². The summed E-state index contributed by atoms with van der Waals surface area (Å²) < 4.78 is 69.9. The lowest BCUT2D eigenvalue weighted by atomic mass is 10.1. The van der Waals surface area contributed by atoms with Crippen LogP contribution in [0.4, 0.5) is 27.6 Å². The lowest BCUT2D eigenvalue weighted by Gasteiger charge is -2.13. The van der Waals surface area contributed by atoms with Gasteiger partial charge in [0, 0.05) is 0 Å². The molecular formula is C10H7F5N2O5. The van der Waals surface area contributed by atoms with E-state index in [0.29, 0.717) is 0 Å². The molecule has 0 aliphatic carbocycles. The summed E-state index contributed by atoms with van der Waals surface area (Å²) in [5, 5.41) is 10.8. The number of halogens is 5. The highest BCUT2D eigenvalue weighted by molar-refractivity contribution is 5.73. The fraction of sp³-hybridized carbons (Fsp3) is 0.400. The highest BCUT2D eigenvalue weighted by Gasteiger charge is 2.38. The van der Waals surface area contributed by atoms with Gasteiger partial charge in [-0.05, 0) is 0 Å². The Morgan fingerprint density at radius 2 is 2.05 bits per heavy atom. The molecule has 1 aromatic heterocycles. The molecule has 122 valence electrons. The molecular weight excluding hydrogens is 323 g/mol. The Bertz CT molecular complexity index is 590. The average Bonchev–Trinajstić information content (AvgIpc) is 2.37. The van der Waals surface area contributed by atoms with Crippen molar-refractivity contribution >= 4 is 11.7 Å². The Hall–Kier alpha value is -2.53. The summed E-state index contributed by atoms with van der Waals surface area (Å²) in [6.07, 6.45) is -9.52. The van der Waals surface area contributed by atoms with E-state index in [9.17, 15) is 36.9 Å². The second-order valence-electron chi connectivity index (χ2n) is 3.69. The molecule has 0 aliphatic heterocycles. The zero-order valence-corrected chi connectivity index (χ0v) is 10.7. The smallest absolute Gasteiger partial charge is 0.469 e. The second-order valence-corrected chi connectivity index (χ2v) is 3.69. The first-order valence-electron chi connectivity index (χ1n) is 5.33. The van der Waals surface area contributed by atoms with E-state index in [1.807, 2.05) is 0 Å². The SMILES string of the molecule is COC(=O)Cc1ncc(OC(F)(F)F)c([N+](=O)[O-])c1C(F)F. The number of pyridine rings is 1. The van der Waals surface area contributed by atoms with Gasteiger partial charge in [-0.25, -0.2) is 8.78 Å². The third-order valence-corrected chi connectivity index (χ3v) is 2.30. The van der Waals surface area contributed by atoms with Gasteiger partial charge < -0.3 is 9.47 Å². The van der Waals surface area contributed by atoms with Crippen LogP contribution < -0.4 is 4.74 Å². The Kier molecular flexibility index (Phi) is 5.17. The van der Waals surface area contributed by atoms with E-state index in [1.165, 1.54) is 0 Å². The van der Waals surface area contributed by atoms with E-state index >= 15 is 0 Å². The fourth-order valence-corrected chi connectivity index (χ4v) is 1.50. The minimum atomic E-state index is -5.34. The van der Waals surface area contributed by atoms with Gasteiger partial charge in [0.1, 0.15) is 5.56 Å². The first kappa shape index (κ1) is 17.5. The summed E-state index contributed by atoms with van der Waals surface area (Å²) in [6.45, 7) is 0. The summed E-state index contributed by atoms with van der Waals surface area (Å²) in [6, 6.07) is 0. The fourth-order valence-electron chi connectivity index (χ4n) is 1.50. The third-order valence-electron chi connectivity index (χ3n) is 2.30. The van der Waals surface area contributed by atoms with E-state index < -0.39 is 52.8 Å². The number of nitrogens with zero attached hydrogens (tertiary/aromatic N) is 2. The molecule has 0 unspecified atom stereocenters. The van der Waals surface area contributed by atoms with E-state index in [2.05, 4.69) is 14.5 Å². The van der Waals surface area contributed by atoms with Crippen LogP contribution in [0, 0.1) is 10.1 Å². The van der Waals surface area contributed by atoms with Crippen molar-refractivity contribution < 1.29 is 41.1 Å². The molecule has 0 amide bonds. The van der Waals surface area contributed by atoms with Gasteiger partial charge in [-0.1, -0.05) is 0 Å². The van der Waals surface area contributed by atoms with Gasteiger partial charge in [-0.3, -0.25) is 19.9 Å². The minimum Gasteiger partial charge on any atom is -0.469 e. The first-order valence-corrected chi connectivity index (χ1v) is 5.33. The topological polar surface area (TPSA) is 91.6 Å². The number of hydrogen-bond acceptors (Lipinski definition) is 6. The highest BCUT2D eigenvalue weighted by atomic mass is 19.4. The van der Waals surface area contributed by atoms with Crippen molar-refractivity contribution in [1.82, 2.24) is 4.98 Å². The molecule has 0 aromatic carbocycles. The quantitative estimate of drug-likeness (QED) is 0.357. The maximum Gasteiger partial charge on any atom is 0.573 e. The Morgan fingerprint density at radius 3 is 2.45 bits per heavy atom. The number of hydrogen-bond donors (Lipinski definition) is 0. The number of carbonyl (C=O) groups is 1. The monoisotopic (exact) mass is 330 g/mol. The van der Waals surface area contributed by atoms with Gasteiger partial charge in [0.2, 0.25) is 5.75 Å². The summed E-state index contributed by atoms with van der Waals surface area (Å²) >= 11 is 0. The van der Waals surface area contributed by atoms with Crippen molar-refractivity contribution in [3.05, 3.63) is 27.6 Å². The van der Waals surface area contributed by atoms with Crippen LogP contribution in [0.3, 0.4) is 0 Å². The molecule has 0 spiro atoms. The van der Waals surface area contributed by atoms with Gasteiger partial charge in [0.25, 0.3) is 6.43 Å². The molecule has 22 heavy (non-hydrogen) atoms. The molecule has 0 radical (unpaired) electrons. The van der Waals surface area contributed by atoms with Gasteiger partial charge in [-0.15, -0.1) is 13.2 Å². The van der Waals surface area contributed by atoms with Gasteiger partial charge >= 0.3 is 18.0 Å². The van der Waals surface area contributed by atoms with Crippen LogP contribution in [0.25, 0.3) is 0 Å². The standard InChI is InChI=1S/C10H7F5N2O5/c1-21-6(18)2-4-7(9(11)12)8(17(19)20)5(3-16-4)22-10(13,14)15/h3,9H,2H2,1H3. The van der Waals surface area contributed by atoms with E-state index in [1.54, 1.807) is 0 Å². The van der Waals surface area contributed by atoms with Crippen LogP contribution in [-0.2, 0) is 16.0 Å². The number of methoxy groups -OCH3 is 1. The maximum absolute atomic E-state index is 13.0. The van der Waals surface area contributed by atoms with Crippen molar-refractivity contribution in [1.29, 1.82) is 0 Å². The molecule has 7 nitrogen and oxygen atoms in total. The van der Waals surface area contributed by atoms with Crippen molar-refractivity contribution in [3.63, 3.8) is 0 Å². The zero-order valence-electron chi connectivity index (χ0n) is 10.7. The Balaban J connectivity index is 3.49. The number of aromatic nitrogens is 1. The minimum absolute atomic E-state index is 0.246. The van der Waals surface area contributed by atoms with Crippen molar-refractivity contribution in [2.45, 2.75) is 19.2 Å². The van der Waals surface area contributed by atoms with Gasteiger partial charge in [-0.2, -0.15) is 0 Å². The van der Waals surface area contributed by atoms with E-state index in [4.69, 9.17) is 0 Å². The molecule has 0 fully saturated rings. The zero-order chi connectivity index (χ0) is 17.1. The summed E-state index contributed by atoms with van der Waals surface area (Å²) in [7, 11) is 0.930. The molecule has 0 atom stereocenters. The predicted molar refractivity (Wildman–Crippen MR) is 58.3 cm³/mol. The summed E-state index contributed by atoms with van der Waals surface area (Å²) in [5.74, 6) is -2.55. The Morgan fingerprint density at radius 1 is 1.45 bits per heavy atom. The summed E-state index contributed by atoms with van der Waals surface area (Å²) in [4.78, 5) is 23.6. The molecule has 1 heterocycles. The van der Waals surface area contributed by atoms with Crippen LogP contribution in [0.2, 0.25) is 0 Å². The predicted octanol–water partition coefficient (Wildman–Crippen LogP) is 2.54. The number of nitro groups is 1. The van der Waals surface area contributed by atoms with Crippen LogP contribution in [0.5, 0.6) is 5.75 Å². The number of alkyl halides is 5. The van der Waals surface area contributed by atoms with Gasteiger partial charge in [0.05, 0.1) is 30.3 Å². The third kappa shape index (κ3) is 4.23. The first-order chi connectivity index (χ1) is 10.1. The van der Waals surface area contributed by atoms with E-state index in [0.717, 1.165) is 7.11 Å². The number of esters is 1. The Labute approximate surface area is 118 Å². The molecule has 0 saturated carbocycles. The largest absolute Gasteiger partial charge is 0.573 e. The number of ether oxygens (including phenoxy) is 2. The molecule has 0 N–H and O–H groups in total. The van der Waals surface area contributed by atoms with Gasteiger partial charge in [0.15, 0.2) is 0 Å². The number of rotatable bonds is 5. The number of carbonyl (C=O) groups excluding carboxylic acids is 1. The molecule has 1 rings (SSSR count). The van der Waals surface area contributed by atoms with Crippen LogP contribution in [0.1, 0.15) is 17.7 Å². The average molecular weight is 330 g/mol. The molecule has 0 saturated heterocycles. The molecule has 0 aliphatic rings. The normalized spacial score (nSPS) is 11.4. The van der Waals surface area contributed by atoms with Crippen molar-refractivity contribution in [3.8, 4) is 5.75 Å². The second kappa shape index (κ2) is 6.49. The van der Waals surface area contributed by atoms with Crippen molar-refractivity contribution in [2.75, 3.05) is 7.11 Å². The maximum atomic E-state index is 13.0. The summed E-state index contributed by atoms with van der Waals surface area (Å²) in [5.41, 5.74) is -3.82.